The highest BCUT2D eigenvalue weighted by atomic mass is 19.1. The fourth-order valence-corrected chi connectivity index (χ4v) is 1.89. The van der Waals surface area contributed by atoms with Crippen LogP contribution >= 0.6 is 0 Å². The molecule has 4 heteroatoms. The zero-order chi connectivity index (χ0) is 15.8. The van der Waals surface area contributed by atoms with Crippen LogP contribution in [0.3, 0.4) is 0 Å². The van der Waals surface area contributed by atoms with Gasteiger partial charge in [0.2, 0.25) is 0 Å². The van der Waals surface area contributed by atoms with Crippen molar-refractivity contribution in [1.29, 1.82) is 0 Å². The van der Waals surface area contributed by atoms with Crippen LogP contribution in [0.5, 0.6) is 0 Å². The number of halogens is 1. The Balaban J connectivity index is 1.75. The molecule has 1 N–H and O–H groups in total. The summed E-state index contributed by atoms with van der Waals surface area (Å²) in [6.45, 7) is 2.40. The molecule has 2 aromatic carbocycles. The summed E-state index contributed by atoms with van der Waals surface area (Å²) < 4.78 is 18.6. The molecule has 0 heterocycles. The molecule has 0 aromatic heterocycles. The van der Waals surface area contributed by atoms with Crippen LogP contribution in [0.4, 0.5) is 9.18 Å². The number of nitrogens with one attached hydrogen (secondary N) is 1. The largest absolute Gasteiger partial charge is 0.445 e. The molecule has 114 valence electrons. The average Bonchev–Trinajstić information content (AvgIpc) is 2.53. The first-order valence-corrected chi connectivity index (χ1v) is 7.02. The van der Waals surface area contributed by atoms with Crippen molar-refractivity contribution in [2.24, 2.45) is 0 Å². The number of benzene rings is 2. The van der Waals surface area contributed by atoms with Crippen LogP contribution in [0.25, 0.3) is 6.08 Å². The van der Waals surface area contributed by atoms with Gasteiger partial charge in [0.15, 0.2) is 0 Å². The van der Waals surface area contributed by atoms with Crippen molar-refractivity contribution >= 4 is 12.2 Å². The predicted molar refractivity (Wildman–Crippen MR) is 84.8 cm³/mol. The molecule has 2 rings (SSSR count). The van der Waals surface area contributed by atoms with Gasteiger partial charge < -0.3 is 10.1 Å². The lowest BCUT2D eigenvalue weighted by Crippen LogP contribution is -2.24. The van der Waals surface area contributed by atoms with Gasteiger partial charge >= 0.3 is 6.09 Å². The summed E-state index contributed by atoms with van der Waals surface area (Å²) >= 11 is 0. The van der Waals surface area contributed by atoms with Gasteiger partial charge in [-0.25, -0.2) is 9.18 Å². The Hall–Kier alpha value is -2.62. The highest BCUT2D eigenvalue weighted by Gasteiger charge is 2.01. The number of carbonyl (C=O) groups excluding carboxylic acids is 1. The Morgan fingerprint density at radius 2 is 2.00 bits per heavy atom. The molecule has 0 saturated heterocycles. The van der Waals surface area contributed by atoms with Gasteiger partial charge in [0, 0.05) is 12.1 Å². The van der Waals surface area contributed by atoms with E-state index >= 15 is 0 Å². The first-order valence-electron chi connectivity index (χ1n) is 7.02. The van der Waals surface area contributed by atoms with Gasteiger partial charge in [-0.15, -0.1) is 0 Å². The number of rotatable bonds is 5. The Bertz CT molecular complexity index is 653. The van der Waals surface area contributed by atoms with Crippen LogP contribution in [-0.4, -0.2) is 12.6 Å². The quantitative estimate of drug-likeness (QED) is 0.903. The van der Waals surface area contributed by atoms with E-state index in [-0.39, 0.29) is 19.0 Å². The monoisotopic (exact) mass is 299 g/mol. The molecule has 0 bridgehead atoms. The zero-order valence-electron chi connectivity index (χ0n) is 12.4. The maximum absolute atomic E-state index is 13.5. The van der Waals surface area contributed by atoms with Crippen LogP contribution in [0.2, 0.25) is 0 Å². The molecule has 0 aliphatic carbocycles. The molecule has 2 aromatic rings. The van der Waals surface area contributed by atoms with E-state index in [2.05, 4.69) is 5.32 Å². The topological polar surface area (TPSA) is 38.3 Å². The molecule has 0 unspecified atom stereocenters. The zero-order valence-corrected chi connectivity index (χ0v) is 12.4. The second-order valence-corrected chi connectivity index (χ2v) is 4.87. The van der Waals surface area contributed by atoms with Crippen molar-refractivity contribution < 1.29 is 13.9 Å². The minimum atomic E-state index is -0.502. The Kier molecular flexibility index (Phi) is 5.72. The highest BCUT2D eigenvalue weighted by Crippen LogP contribution is 2.11. The molecule has 0 fully saturated rings. The molecule has 0 atom stereocenters. The van der Waals surface area contributed by atoms with Crippen LogP contribution < -0.4 is 5.32 Å². The smallest absolute Gasteiger partial charge is 0.407 e. The van der Waals surface area contributed by atoms with E-state index in [0.29, 0.717) is 5.56 Å². The summed E-state index contributed by atoms with van der Waals surface area (Å²) in [6.07, 6.45) is 2.82. The molecule has 0 aliphatic heterocycles. The molecule has 0 saturated carbocycles. The first-order chi connectivity index (χ1) is 10.6. The van der Waals surface area contributed by atoms with Gasteiger partial charge in [-0.05, 0) is 24.6 Å². The molecular formula is C18H18FNO2. The third-order valence-corrected chi connectivity index (χ3v) is 3.03. The second kappa shape index (κ2) is 7.98. The van der Waals surface area contributed by atoms with E-state index in [1.807, 2.05) is 37.3 Å². The summed E-state index contributed by atoms with van der Waals surface area (Å²) in [5, 5.41) is 2.59. The maximum Gasteiger partial charge on any atom is 0.407 e. The average molecular weight is 299 g/mol. The van der Waals surface area contributed by atoms with E-state index in [9.17, 15) is 9.18 Å². The number of ether oxygens (including phenoxy) is 1. The van der Waals surface area contributed by atoms with Gasteiger partial charge in [0.05, 0.1) is 0 Å². The summed E-state index contributed by atoms with van der Waals surface area (Å²) in [5.74, 6) is -0.284. The third kappa shape index (κ3) is 5.05. The summed E-state index contributed by atoms with van der Waals surface area (Å²) in [4.78, 5) is 11.5. The van der Waals surface area contributed by atoms with Gasteiger partial charge in [0.1, 0.15) is 12.4 Å². The van der Waals surface area contributed by atoms with Crippen LogP contribution in [0.15, 0.2) is 54.6 Å². The molecule has 0 spiro atoms. The minimum absolute atomic E-state index is 0.225. The Morgan fingerprint density at radius 1 is 1.23 bits per heavy atom. The van der Waals surface area contributed by atoms with E-state index < -0.39 is 6.09 Å². The van der Waals surface area contributed by atoms with E-state index in [0.717, 1.165) is 11.1 Å². The fourth-order valence-electron chi connectivity index (χ4n) is 1.89. The highest BCUT2D eigenvalue weighted by molar-refractivity contribution is 5.67. The van der Waals surface area contributed by atoms with Crippen LogP contribution in [-0.2, 0) is 11.3 Å². The lowest BCUT2D eigenvalue weighted by molar-refractivity contribution is 0.141. The summed E-state index contributed by atoms with van der Waals surface area (Å²) in [6, 6.07) is 14.3. The SMILES string of the molecule is Cc1ccc(F)c(C=CCNC(=O)OCc2ccccc2)c1. The number of alkyl carbamates (subject to hydrolysis) is 1. The minimum Gasteiger partial charge on any atom is -0.445 e. The van der Waals surface area contributed by atoms with E-state index in [1.54, 1.807) is 24.3 Å². The molecule has 3 nitrogen and oxygen atoms in total. The lowest BCUT2D eigenvalue weighted by atomic mass is 10.1. The standard InChI is InChI=1S/C18H18FNO2/c1-14-9-10-17(19)16(12-14)8-5-11-20-18(21)22-13-15-6-3-2-4-7-15/h2-10,12H,11,13H2,1H3,(H,20,21). The first kappa shape index (κ1) is 15.8. The van der Waals surface area contributed by atoms with Crippen molar-refractivity contribution in [1.82, 2.24) is 5.32 Å². The number of aryl methyl sites for hydroxylation is 1. The fraction of sp³-hybridized carbons (Fsp3) is 0.167. The maximum atomic E-state index is 13.5. The number of hydrogen-bond donors (Lipinski definition) is 1. The Labute approximate surface area is 129 Å². The van der Waals surface area contributed by atoms with Crippen molar-refractivity contribution in [2.45, 2.75) is 13.5 Å². The molecule has 0 aliphatic rings. The van der Waals surface area contributed by atoms with Gasteiger partial charge in [-0.3, -0.25) is 0 Å². The lowest BCUT2D eigenvalue weighted by Gasteiger charge is -2.05. The number of carbonyl (C=O) groups is 1. The molecule has 0 radical (unpaired) electrons. The Morgan fingerprint density at radius 3 is 2.77 bits per heavy atom. The van der Waals surface area contributed by atoms with Crippen LogP contribution in [0, 0.1) is 12.7 Å². The van der Waals surface area contributed by atoms with Crippen LogP contribution in [0.1, 0.15) is 16.7 Å². The third-order valence-electron chi connectivity index (χ3n) is 3.03. The summed E-state index contributed by atoms with van der Waals surface area (Å²) in [7, 11) is 0. The normalized spacial score (nSPS) is 10.6. The van der Waals surface area contributed by atoms with Crippen molar-refractivity contribution in [3.8, 4) is 0 Å². The summed E-state index contributed by atoms with van der Waals surface area (Å²) in [5.41, 5.74) is 2.41. The van der Waals surface area contributed by atoms with Gasteiger partial charge in [-0.1, -0.05) is 54.1 Å². The number of hydrogen-bond acceptors (Lipinski definition) is 2. The van der Waals surface area contributed by atoms with Crippen molar-refractivity contribution in [2.75, 3.05) is 6.54 Å². The van der Waals surface area contributed by atoms with Crippen molar-refractivity contribution in [3.05, 3.63) is 77.1 Å². The predicted octanol–water partition coefficient (Wildman–Crippen LogP) is 4.07. The molecular weight excluding hydrogens is 281 g/mol. The van der Waals surface area contributed by atoms with E-state index in [4.69, 9.17) is 4.74 Å². The molecule has 1 amide bonds. The van der Waals surface area contributed by atoms with Gasteiger partial charge in [0.25, 0.3) is 0 Å². The second-order valence-electron chi connectivity index (χ2n) is 4.87. The van der Waals surface area contributed by atoms with E-state index in [1.165, 1.54) is 6.07 Å². The van der Waals surface area contributed by atoms with Gasteiger partial charge in [-0.2, -0.15) is 0 Å². The molecule has 22 heavy (non-hydrogen) atoms. The van der Waals surface area contributed by atoms with Crippen molar-refractivity contribution in [3.63, 3.8) is 0 Å². The number of amides is 1.